The number of carbonyl (C=O) groups is 1. The van der Waals surface area contributed by atoms with Crippen molar-refractivity contribution in [3.05, 3.63) is 70.9 Å². The smallest absolute Gasteiger partial charge is 0.354 e. The first-order valence-electron chi connectivity index (χ1n) is 10.3. The number of nitrogens with zero attached hydrogens (tertiary/aromatic N) is 1. The Kier molecular flexibility index (Phi) is 4.44. The monoisotopic (exact) mass is 374 g/mol. The molecule has 0 spiro atoms. The van der Waals surface area contributed by atoms with Crippen molar-refractivity contribution >= 4 is 16.9 Å². The first-order chi connectivity index (χ1) is 13.7. The molecule has 1 aromatic heterocycles. The van der Waals surface area contributed by atoms with Crippen molar-refractivity contribution in [2.45, 2.75) is 44.2 Å². The van der Waals surface area contributed by atoms with E-state index in [-0.39, 0.29) is 5.97 Å². The number of benzene rings is 2. The number of ether oxygens (including phenoxy) is 1. The van der Waals surface area contributed by atoms with Gasteiger partial charge in [-0.05, 0) is 67.0 Å². The van der Waals surface area contributed by atoms with Crippen molar-refractivity contribution in [1.82, 2.24) is 9.88 Å². The molecule has 1 N–H and O–H groups in total. The largest absolute Gasteiger partial charge is 0.464 e. The van der Waals surface area contributed by atoms with Crippen LogP contribution in [0.25, 0.3) is 10.9 Å². The summed E-state index contributed by atoms with van der Waals surface area (Å²) < 4.78 is 4.89. The minimum absolute atomic E-state index is 0.301. The molecule has 1 fully saturated rings. The lowest BCUT2D eigenvalue weighted by Gasteiger charge is -2.45. The maximum atomic E-state index is 11.9. The number of likely N-dealkylation sites (tertiary alicyclic amines) is 1. The molecule has 2 aromatic carbocycles. The van der Waals surface area contributed by atoms with Gasteiger partial charge < -0.3 is 9.72 Å². The van der Waals surface area contributed by atoms with Crippen LogP contribution in [0.3, 0.4) is 0 Å². The normalized spacial score (nSPS) is 21.9. The number of piperidine rings is 1. The van der Waals surface area contributed by atoms with Crippen LogP contribution in [0, 0.1) is 0 Å². The lowest BCUT2D eigenvalue weighted by molar-refractivity contribution is 0.0595. The van der Waals surface area contributed by atoms with Crippen LogP contribution in [0.15, 0.2) is 48.5 Å². The highest BCUT2D eigenvalue weighted by Crippen LogP contribution is 2.43. The zero-order chi connectivity index (χ0) is 19.1. The van der Waals surface area contributed by atoms with Crippen molar-refractivity contribution in [1.29, 1.82) is 0 Å². The average Bonchev–Trinajstić information content (AvgIpc) is 3.18. The molecule has 0 unspecified atom stereocenters. The van der Waals surface area contributed by atoms with Crippen LogP contribution in [0.1, 0.15) is 52.4 Å². The first-order valence-corrected chi connectivity index (χ1v) is 10.3. The molecule has 1 aliphatic carbocycles. The molecule has 3 aromatic rings. The Hall–Kier alpha value is -2.59. The standard InChI is InChI=1S/C24H26N2O2/c1-28-24(27)22-14-20-18-10-12-23-19(17(18)9-11-21(20)25-22)8-5-13-26(23)15-16-6-3-2-4-7-16/h2-4,6-7,9,11,14,19,23,25H,5,8,10,12-13,15H2,1H3/t19-,23+/m1/s1. The average molecular weight is 374 g/mol. The van der Waals surface area contributed by atoms with Crippen LogP contribution in [0.5, 0.6) is 0 Å². The number of rotatable bonds is 3. The number of hydrogen-bond acceptors (Lipinski definition) is 3. The third kappa shape index (κ3) is 2.92. The van der Waals surface area contributed by atoms with E-state index in [1.165, 1.54) is 55.0 Å². The van der Waals surface area contributed by atoms with Crippen molar-refractivity contribution in [2.24, 2.45) is 0 Å². The van der Waals surface area contributed by atoms with E-state index in [9.17, 15) is 4.79 Å². The molecular weight excluding hydrogens is 348 g/mol. The van der Waals surface area contributed by atoms with Crippen molar-refractivity contribution in [3.63, 3.8) is 0 Å². The van der Waals surface area contributed by atoms with Crippen molar-refractivity contribution in [2.75, 3.05) is 13.7 Å². The fraction of sp³-hybridized carbons (Fsp3) is 0.375. The number of esters is 1. The maximum absolute atomic E-state index is 11.9. The fourth-order valence-corrected chi connectivity index (χ4v) is 5.31. The molecule has 2 aliphatic rings. The molecule has 4 nitrogen and oxygen atoms in total. The zero-order valence-electron chi connectivity index (χ0n) is 16.3. The number of hydrogen-bond donors (Lipinski definition) is 1. The van der Waals surface area contributed by atoms with Gasteiger partial charge in [0.15, 0.2) is 0 Å². The molecule has 0 amide bonds. The van der Waals surface area contributed by atoms with E-state index in [1.54, 1.807) is 0 Å². The molecule has 2 atom stereocenters. The number of carbonyl (C=O) groups excluding carboxylic acids is 1. The van der Waals surface area contributed by atoms with Gasteiger partial charge in [-0.2, -0.15) is 0 Å². The van der Waals surface area contributed by atoms with E-state index in [1.807, 2.05) is 6.07 Å². The summed E-state index contributed by atoms with van der Waals surface area (Å²) in [7, 11) is 1.43. The molecular formula is C24H26N2O2. The Morgan fingerprint density at radius 3 is 2.86 bits per heavy atom. The molecule has 2 heterocycles. The minimum atomic E-state index is -0.301. The highest BCUT2D eigenvalue weighted by Gasteiger charge is 2.37. The Labute approximate surface area is 165 Å². The van der Waals surface area contributed by atoms with Gasteiger partial charge in [-0.1, -0.05) is 36.4 Å². The van der Waals surface area contributed by atoms with Crippen LogP contribution in [0.4, 0.5) is 0 Å². The molecule has 5 rings (SSSR count). The number of nitrogens with one attached hydrogen (secondary N) is 1. The Morgan fingerprint density at radius 2 is 2.04 bits per heavy atom. The topological polar surface area (TPSA) is 45.3 Å². The Balaban J connectivity index is 1.48. The van der Waals surface area contributed by atoms with Crippen LogP contribution < -0.4 is 0 Å². The summed E-state index contributed by atoms with van der Waals surface area (Å²) in [6, 6.07) is 17.8. The van der Waals surface area contributed by atoms with Gasteiger partial charge in [0, 0.05) is 23.5 Å². The summed E-state index contributed by atoms with van der Waals surface area (Å²) in [5.74, 6) is 0.285. The predicted octanol–water partition coefficient (Wildman–Crippen LogP) is 4.65. The van der Waals surface area contributed by atoms with Crippen LogP contribution in [-0.4, -0.2) is 35.5 Å². The SMILES string of the molecule is COC(=O)c1cc2c3c(ccc2[nH]1)[C@H]1CCCN(Cc2ccccc2)[C@H]1CC3. The number of methoxy groups -OCH3 is 1. The summed E-state index contributed by atoms with van der Waals surface area (Å²) in [4.78, 5) is 17.8. The minimum Gasteiger partial charge on any atom is -0.464 e. The second-order valence-electron chi connectivity index (χ2n) is 8.08. The number of aromatic amines is 1. The molecule has 1 saturated heterocycles. The highest BCUT2D eigenvalue weighted by atomic mass is 16.5. The fourth-order valence-electron chi connectivity index (χ4n) is 5.31. The number of fused-ring (bicyclic) bond motifs is 5. The van der Waals surface area contributed by atoms with Crippen molar-refractivity contribution in [3.8, 4) is 0 Å². The Bertz CT molecular complexity index is 1010. The van der Waals surface area contributed by atoms with Gasteiger partial charge in [-0.3, -0.25) is 4.90 Å². The third-order valence-corrected chi connectivity index (χ3v) is 6.57. The van der Waals surface area contributed by atoms with Gasteiger partial charge in [-0.25, -0.2) is 4.79 Å². The number of aryl methyl sites for hydroxylation is 1. The quantitative estimate of drug-likeness (QED) is 0.679. The summed E-state index contributed by atoms with van der Waals surface area (Å²) in [5.41, 5.74) is 5.89. The molecule has 1 aliphatic heterocycles. The number of aromatic nitrogens is 1. The second kappa shape index (κ2) is 7.10. The van der Waals surface area contributed by atoms with Gasteiger partial charge in [0.25, 0.3) is 0 Å². The lowest BCUT2D eigenvalue weighted by Crippen LogP contribution is -2.45. The van der Waals surface area contributed by atoms with Crippen LogP contribution in [0.2, 0.25) is 0 Å². The van der Waals surface area contributed by atoms with Crippen LogP contribution in [-0.2, 0) is 17.7 Å². The summed E-state index contributed by atoms with van der Waals surface area (Å²) >= 11 is 0. The van der Waals surface area contributed by atoms with Gasteiger partial charge >= 0.3 is 5.97 Å². The van der Waals surface area contributed by atoms with Crippen LogP contribution >= 0.6 is 0 Å². The molecule has 144 valence electrons. The Morgan fingerprint density at radius 1 is 1.18 bits per heavy atom. The van der Waals surface area contributed by atoms with Gasteiger partial charge in [-0.15, -0.1) is 0 Å². The summed E-state index contributed by atoms with van der Waals surface area (Å²) in [5, 5.41) is 1.19. The first kappa shape index (κ1) is 17.5. The lowest BCUT2D eigenvalue weighted by atomic mass is 9.73. The van der Waals surface area contributed by atoms with E-state index in [2.05, 4.69) is 52.3 Å². The van der Waals surface area contributed by atoms with Crippen molar-refractivity contribution < 1.29 is 9.53 Å². The van der Waals surface area contributed by atoms with E-state index in [0.717, 1.165) is 18.5 Å². The molecule has 0 saturated carbocycles. The summed E-state index contributed by atoms with van der Waals surface area (Å²) in [6.45, 7) is 2.22. The molecule has 0 radical (unpaired) electrons. The third-order valence-electron chi connectivity index (χ3n) is 6.57. The van der Waals surface area contributed by atoms with E-state index in [0.29, 0.717) is 17.7 Å². The predicted molar refractivity (Wildman–Crippen MR) is 111 cm³/mol. The number of H-pyrrole nitrogens is 1. The molecule has 4 heteroatoms. The maximum Gasteiger partial charge on any atom is 0.354 e. The van der Waals surface area contributed by atoms with E-state index < -0.39 is 0 Å². The van der Waals surface area contributed by atoms with Gasteiger partial charge in [0.1, 0.15) is 5.69 Å². The summed E-state index contributed by atoms with van der Waals surface area (Å²) in [6.07, 6.45) is 4.74. The highest BCUT2D eigenvalue weighted by molar-refractivity contribution is 5.96. The zero-order valence-corrected chi connectivity index (χ0v) is 16.3. The van der Waals surface area contributed by atoms with E-state index >= 15 is 0 Å². The second-order valence-corrected chi connectivity index (χ2v) is 8.08. The molecule has 28 heavy (non-hydrogen) atoms. The van der Waals surface area contributed by atoms with Gasteiger partial charge in [0.05, 0.1) is 7.11 Å². The van der Waals surface area contributed by atoms with E-state index in [4.69, 9.17) is 4.74 Å². The van der Waals surface area contributed by atoms with Gasteiger partial charge in [0.2, 0.25) is 0 Å². The molecule has 0 bridgehead atoms.